The highest BCUT2D eigenvalue weighted by atomic mass is 15.1. The molecule has 3 aromatic rings. The SMILES string of the molecule is Cc1ccnc2nc(-c3cnc(C4(N)CCC4)[nH]3)[nH]c12. The van der Waals surface area contributed by atoms with Crippen molar-refractivity contribution in [2.45, 2.75) is 31.7 Å². The Labute approximate surface area is 115 Å². The van der Waals surface area contributed by atoms with Gasteiger partial charge in [-0.3, -0.25) is 0 Å². The molecule has 0 bridgehead atoms. The number of aryl methyl sites for hydroxylation is 1. The van der Waals surface area contributed by atoms with Crippen LogP contribution in [0.3, 0.4) is 0 Å². The van der Waals surface area contributed by atoms with Crippen LogP contribution in [-0.2, 0) is 5.54 Å². The molecule has 0 aliphatic heterocycles. The summed E-state index contributed by atoms with van der Waals surface area (Å²) in [5.74, 6) is 1.60. The van der Waals surface area contributed by atoms with E-state index in [1.54, 1.807) is 12.4 Å². The minimum absolute atomic E-state index is 0.279. The van der Waals surface area contributed by atoms with E-state index >= 15 is 0 Å². The topological polar surface area (TPSA) is 96.3 Å². The van der Waals surface area contributed by atoms with Crippen molar-refractivity contribution in [2.75, 3.05) is 0 Å². The second-order valence-electron chi connectivity index (χ2n) is 5.57. The highest BCUT2D eigenvalue weighted by Crippen LogP contribution is 2.37. The van der Waals surface area contributed by atoms with Crippen LogP contribution in [0.25, 0.3) is 22.7 Å². The van der Waals surface area contributed by atoms with Crippen LogP contribution >= 0.6 is 0 Å². The molecular weight excluding hydrogens is 252 g/mol. The molecule has 1 aliphatic rings. The van der Waals surface area contributed by atoms with Gasteiger partial charge in [0.15, 0.2) is 11.5 Å². The Balaban J connectivity index is 1.77. The molecule has 1 fully saturated rings. The van der Waals surface area contributed by atoms with Crippen molar-refractivity contribution in [1.82, 2.24) is 24.9 Å². The van der Waals surface area contributed by atoms with Crippen molar-refractivity contribution in [2.24, 2.45) is 5.73 Å². The number of imidazole rings is 2. The summed E-state index contributed by atoms with van der Waals surface area (Å²) in [5, 5.41) is 0. The van der Waals surface area contributed by atoms with E-state index in [2.05, 4.69) is 24.9 Å². The second kappa shape index (κ2) is 3.89. The van der Waals surface area contributed by atoms with Gasteiger partial charge in [-0.1, -0.05) is 0 Å². The molecular formula is C14H16N6. The zero-order chi connectivity index (χ0) is 13.7. The Morgan fingerprint density at radius 2 is 2.10 bits per heavy atom. The van der Waals surface area contributed by atoms with Gasteiger partial charge in [0.2, 0.25) is 0 Å². The number of fused-ring (bicyclic) bond motifs is 1. The number of hydrogen-bond donors (Lipinski definition) is 3. The van der Waals surface area contributed by atoms with E-state index < -0.39 is 0 Å². The number of nitrogens with one attached hydrogen (secondary N) is 2. The van der Waals surface area contributed by atoms with Crippen molar-refractivity contribution in [3.05, 3.63) is 29.8 Å². The highest BCUT2D eigenvalue weighted by Gasteiger charge is 2.37. The van der Waals surface area contributed by atoms with Crippen molar-refractivity contribution in [3.8, 4) is 11.5 Å². The van der Waals surface area contributed by atoms with Gasteiger partial charge in [0.1, 0.15) is 11.5 Å². The number of nitrogens with zero attached hydrogens (tertiary/aromatic N) is 3. The van der Waals surface area contributed by atoms with Gasteiger partial charge in [0.05, 0.1) is 17.3 Å². The molecule has 20 heavy (non-hydrogen) atoms. The van der Waals surface area contributed by atoms with Crippen LogP contribution in [-0.4, -0.2) is 24.9 Å². The number of aromatic nitrogens is 5. The average molecular weight is 268 g/mol. The third kappa shape index (κ3) is 1.58. The lowest BCUT2D eigenvalue weighted by Crippen LogP contribution is -2.44. The molecule has 6 heteroatoms. The van der Waals surface area contributed by atoms with Gasteiger partial charge in [0.25, 0.3) is 0 Å². The number of pyridine rings is 1. The summed E-state index contributed by atoms with van der Waals surface area (Å²) in [6.45, 7) is 2.04. The van der Waals surface area contributed by atoms with Crippen LogP contribution in [0.4, 0.5) is 0 Å². The van der Waals surface area contributed by atoms with E-state index in [0.29, 0.717) is 0 Å². The molecule has 4 rings (SSSR count). The zero-order valence-corrected chi connectivity index (χ0v) is 11.3. The fourth-order valence-electron chi connectivity index (χ4n) is 2.65. The van der Waals surface area contributed by atoms with Crippen LogP contribution in [0, 0.1) is 6.92 Å². The quantitative estimate of drug-likeness (QED) is 0.662. The molecule has 0 atom stereocenters. The zero-order valence-electron chi connectivity index (χ0n) is 11.3. The summed E-state index contributed by atoms with van der Waals surface area (Å²) in [7, 11) is 0. The van der Waals surface area contributed by atoms with Crippen LogP contribution in [0.2, 0.25) is 0 Å². The van der Waals surface area contributed by atoms with Crippen LogP contribution in [0.5, 0.6) is 0 Å². The Bertz CT molecular complexity index is 780. The summed E-state index contributed by atoms with van der Waals surface area (Å²) in [4.78, 5) is 19.8. The minimum Gasteiger partial charge on any atom is -0.338 e. The third-order valence-electron chi connectivity index (χ3n) is 4.15. The van der Waals surface area contributed by atoms with Gasteiger partial charge in [0, 0.05) is 6.20 Å². The number of H-pyrrole nitrogens is 2. The standard InChI is InChI=1S/C14H16N6/c1-8-3-6-16-12-10(8)19-11(20-12)9-7-17-13(18-9)14(15)4-2-5-14/h3,6-7H,2,4-5,15H2,1H3,(H,17,18)(H,16,19,20). The number of nitrogens with two attached hydrogens (primary N) is 1. The minimum atomic E-state index is -0.279. The van der Waals surface area contributed by atoms with E-state index in [9.17, 15) is 0 Å². The molecule has 0 spiro atoms. The first kappa shape index (κ1) is 11.6. The maximum Gasteiger partial charge on any atom is 0.178 e. The number of rotatable bonds is 2. The largest absolute Gasteiger partial charge is 0.338 e. The Kier molecular flexibility index (Phi) is 2.26. The first-order chi connectivity index (χ1) is 9.66. The van der Waals surface area contributed by atoms with Gasteiger partial charge >= 0.3 is 0 Å². The van der Waals surface area contributed by atoms with Crippen molar-refractivity contribution < 1.29 is 0 Å². The normalized spacial score (nSPS) is 17.3. The Morgan fingerprint density at radius 3 is 2.80 bits per heavy atom. The summed E-state index contributed by atoms with van der Waals surface area (Å²) in [5.41, 5.74) is 9.67. The molecule has 0 amide bonds. The Hall–Kier alpha value is -2.21. The smallest absolute Gasteiger partial charge is 0.178 e. The molecule has 1 saturated carbocycles. The van der Waals surface area contributed by atoms with Gasteiger partial charge in [-0.15, -0.1) is 0 Å². The summed E-state index contributed by atoms with van der Waals surface area (Å²) >= 11 is 0. The summed E-state index contributed by atoms with van der Waals surface area (Å²) in [6.07, 6.45) is 6.70. The monoisotopic (exact) mass is 268 g/mol. The molecule has 102 valence electrons. The number of hydrogen-bond acceptors (Lipinski definition) is 4. The van der Waals surface area contributed by atoms with E-state index in [4.69, 9.17) is 5.73 Å². The summed E-state index contributed by atoms with van der Waals surface area (Å²) in [6, 6.07) is 1.96. The highest BCUT2D eigenvalue weighted by molar-refractivity contribution is 5.77. The molecule has 6 nitrogen and oxygen atoms in total. The molecule has 0 aromatic carbocycles. The van der Waals surface area contributed by atoms with Crippen molar-refractivity contribution >= 4 is 11.2 Å². The number of aromatic amines is 2. The lowest BCUT2D eigenvalue weighted by molar-refractivity contribution is 0.240. The predicted molar refractivity (Wildman–Crippen MR) is 75.9 cm³/mol. The fourth-order valence-corrected chi connectivity index (χ4v) is 2.65. The van der Waals surface area contributed by atoms with Gasteiger partial charge in [-0.25, -0.2) is 15.0 Å². The van der Waals surface area contributed by atoms with E-state index in [1.807, 2.05) is 13.0 Å². The maximum absolute atomic E-state index is 6.28. The lowest BCUT2D eigenvalue weighted by atomic mass is 9.77. The van der Waals surface area contributed by atoms with Crippen LogP contribution in [0.15, 0.2) is 18.5 Å². The van der Waals surface area contributed by atoms with E-state index in [0.717, 1.165) is 46.9 Å². The molecule has 0 saturated heterocycles. The predicted octanol–water partition coefficient (Wildman–Crippen LogP) is 1.99. The lowest BCUT2D eigenvalue weighted by Gasteiger charge is -2.35. The van der Waals surface area contributed by atoms with Gasteiger partial charge in [-0.05, 0) is 37.8 Å². The van der Waals surface area contributed by atoms with Gasteiger partial charge < -0.3 is 15.7 Å². The van der Waals surface area contributed by atoms with Crippen molar-refractivity contribution in [1.29, 1.82) is 0 Å². The molecule has 4 N–H and O–H groups in total. The van der Waals surface area contributed by atoms with Crippen LogP contribution in [0.1, 0.15) is 30.7 Å². The fraction of sp³-hybridized carbons (Fsp3) is 0.357. The molecule has 3 aromatic heterocycles. The first-order valence-electron chi connectivity index (χ1n) is 6.82. The van der Waals surface area contributed by atoms with E-state index in [1.165, 1.54) is 6.42 Å². The molecule has 3 heterocycles. The summed E-state index contributed by atoms with van der Waals surface area (Å²) < 4.78 is 0. The van der Waals surface area contributed by atoms with E-state index in [-0.39, 0.29) is 5.54 Å². The first-order valence-corrected chi connectivity index (χ1v) is 6.82. The molecule has 0 unspecified atom stereocenters. The second-order valence-corrected chi connectivity index (χ2v) is 5.57. The maximum atomic E-state index is 6.28. The van der Waals surface area contributed by atoms with Gasteiger partial charge in [-0.2, -0.15) is 0 Å². The Morgan fingerprint density at radius 1 is 1.25 bits per heavy atom. The average Bonchev–Trinajstić information content (AvgIpc) is 3.02. The molecule has 1 aliphatic carbocycles. The van der Waals surface area contributed by atoms with Crippen molar-refractivity contribution in [3.63, 3.8) is 0 Å². The third-order valence-corrected chi connectivity index (χ3v) is 4.15. The van der Waals surface area contributed by atoms with Crippen LogP contribution < -0.4 is 5.73 Å². The molecule has 0 radical (unpaired) electrons.